The predicted octanol–water partition coefficient (Wildman–Crippen LogP) is 4.60. The zero-order valence-corrected chi connectivity index (χ0v) is 14.0. The van der Waals surface area contributed by atoms with E-state index in [-0.39, 0.29) is 17.6 Å². The van der Waals surface area contributed by atoms with Gasteiger partial charge in [0.25, 0.3) is 0 Å². The molecule has 0 amide bonds. The maximum absolute atomic E-state index is 11.9. The molecular weight excluding hydrogens is 300 g/mol. The van der Waals surface area contributed by atoms with Crippen LogP contribution in [0.25, 0.3) is 6.08 Å². The summed E-state index contributed by atoms with van der Waals surface area (Å²) >= 11 is 0. The standard InChI is InChI=1S/C21H24O3/c1-2-3-14-24-21-9-5-7-18(16-21)11-13-19(22)12-10-17-6-4-8-20(23)15-17/h4-8,10-13,15-16,21,23H,2-3,9,14H2,1H3/b12-10+,13-11+. The largest absolute Gasteiger partial charge is 0.508 e. The molecule has 0 aromatic heterocycles. The van der Waals surface area contributed by atoms with Crippen molar-refractivity contribution in [2.75, 3.05) is 6.61 Å². The molecule has 1 aromatic carbocycles. The third-order valence-electron chi connectivity index (χ3n) is 3.64. The van der Waals surface area contributed by atoms with Gasteiger partial charge < -0.3 is 9.84 Å². The minimum absolute atomic E-state index is 0.0957. The van der Waals surface area contributed by atoms with Gasteiger partial charge in [0, 0.05) is 6.61 Å². The number of hydrogen-bond acceptors (Lipinski definition) is 3. The monoisotopic (exact) mass is 324 g/mol. The van der Waals surface area contributed by atoms with Gasteiger partial charge in [-0.25, -0.2) is 0 Å². The number of ketones is 1. The van der Waals surface area contributed by atoms with Gasteiger partial charge in [0.05, 0.1) is 6.10 Å². The van der Waals surface area contributed by atoms with Gasteiger partial charge >= 0.3 is 0 Å². The Balaban J connectivity index is 1.89. The first-order valence-corrected chi connectivity index (χ1v) is 8.36. The topological polar surface area (TPSA) is 46.5 Å². The first-order valence-electron chi connectivity index (χ1n) is 8.36. The first kappa shape index (κ1) is 18.0. The number of aromatic hydroxyl groups is 1. The van der Waals surface area contributed by atoms with Gasteiger partial charge in [0.15, 0.2) is 5.78 Å². The van der Waals surface area contributed by atoms with Gasteiger partial charge in [-0.05, 0) is 54.3 Å². The number of unbranched alkanes of at least 4 members (excludes halogenated alkanes) is 1. The molecule has 0 spiro atoms. The molecule has 0 aliphatic heterocycles. The van der Waals surface area contributed by atoms with Crippen molar-refractivity contribution < 1.29 is 14.6 Å². The zero-order chi connectivity index (χ0) is 17.2. The minimum Gasteiger partial charge on any atom is -0.508 e. The van der Waals surface area contributed by atoms with Gasteiger partial charge in [0.2, 0.25) is 0 Å². The second-order valence-corrected chi connectivity index (χ2v) is 5.73. The SMILES string of the molecule is CCCCOC1C=C(/C=C/C(=O)/C=C/c2cccc(O)c2)C=CC1. The van der Waals surface area contributed by atoms with Crippen molar-refractivity contribution in [1.29, 1.82) is 0 Å². The molecule has 24 heavy (non-hydrogen) atoms. The summed E-state index contributed by atoms with van der Waals surface area (Å²) in [5, 5.41) is 9.39. The van der Waals surface area contributed by atoms with Gasteiger partial charge in [-0.3, -0.25) is 4.79 Å². The summed E-state index contributed by atoms with van der Waals surface area (Å²) in [5.41, 5.74) is 1.78. The average Bonchev–Trinajstić information content (AvgIpc) is 2.59. The minimum atomic E-state index is -0.0957. The normalized spacial score (nSPS) is 17.5. The quantitative estimate of drug-likeness (QED) is 0.561. The van der Waals surface area contributed by atoms with Crippen molar-refractivity contribution in [3.63, 3.8) is 0 Å². The lowest BCUT2D eigenvalue weighted by Crippen LogP contribution is -2.12. The molecular formula is C21H24O3. The number of allylic oxidation sites excluding steroid dienone is 5. The van der Waals surface area contributed by atoms with Crippen LogP contribution in [0, 0.1) is 0 Å². The van der Waals surface area contributed by atoms with Crippen LogP contribution in [0.15, 0.2) is 66.3 Å². The molecule has 2 rings (SSSR count). The fourth-order valence-corrected chi connectivity index (χ4v) is 2.32. The summed E-state index contributed by atoms with van der Waals surface area (Å²) in [6.45, 7) is 2.91. The molecule has 1 atom stereocenters. The number of phenols is 1. The molecule has 0 radical (unpaired) electrons. The Hall–Kier alpha value is -2.39. The Bertz CT molecular complexity index is 665. The van der Waals surface area contributed by atoms with Crippen LogP contribution in [-0.2, 0) is 9.53 Å². The Morgan fingerprint density at radius 1 is 1.33 bits per heavy atom. The zero-order valence-electron chi connectivity index (χ0n) is 14.0. The summed E-state index contributed by atoms with van der Waals surface area (Å²) in [6, 6.07) is 6.78. The number of rotatable bonds is 8. The van der Waals surface area contributed by atoms with E-state index in [1.54, 1.807) is 36.4 Å². The van der Waals surface area contributed by atoms with Gasteiger partial charge in [-0.15, -0.1) is 0 Å². The number of phenolic OH excluding ortho intramolecular Hbond substituents is 1. The van der Waals surface area contributed by atoms with E-state index in [2.05, 4.69) is 19.1 Å². The third-order valence-corrected chi connectivity index (χ3v) is 3.64. The van der Waals surface area contributed by atoms with Crippen LogP contribution in [0.5, 0.6) is 5.75 Å². The highest BCUT2D eigenvalue weighted by molar-refractivity contribution is 6.02. The van der Waals surface area contributed by atoms with Gasteiger partial charge in [0.1, 0.15) is 5.75 Å². The highest BCUT2D eigenvalue weighted by Gasteiger charge is 2.08. The maximum atomic E-state index is 11.9. The van der Waals surface area contributed by atoms with Crippen LogP contribution >= 0.6 is 0 Å². The second kappa shape index (κ2) is 9.68. The molecule has 3 nitrogen and oxygen atoms in total. The Morgan fingerprint density at radius 3 is 2.96 bits per heavy atom. The highest BCUT2D eigenvalue weighted by atomic mass is 16.5. The first-order chi connectivity index (χ1) is 11.7. The Kier molecular flexibility index (Phi) is 7.24. The van der Waals surface area contributed by atoms with E-state index in [9.17, 15) is 9.90 Å². The van der Waals surface area contributed by atoms with Crippen LogP contribution in [0.3, 0.4) is 0 Å². The second-order valence-electron chi connectivity index (χ2n) is 5.73. The van der Waals surface area contributed by atoms with Crippen molar-refractivity contribution >= 4 is 11.9 Å². The number of carbonyl (C=O) groups excluding carboxylic acids is 1. The lowest BCUT2D eigenvalue weighted by Gasteiger charge is -2.16. The molecule has 0 saturated carbocycles. The van der Waals surface area contributed by atoms with E-state index in [0.29, 0.717) is 0 Å². The molecule has 126 valence electrons. The van der Waals surface area contributed by atoms with Crippen molar-refractivity contribution in [3.8, 4) is 5.75 Å². The summed E-state index contributed by atoms with van der Waals surface area (Å²) < 4.78 is 5.79. The molecule has 1 N–H and O–H groups in total. The van der Waals surface area contributed by atoms with Crippen molar-refractivity contribution in [1.82, 2.24) is 0 Å². The average molecular weight is 324 g/mol. The van der Waals surface area contributed by atoms with E-state index in [1.165, 1.54) is 6.08 Å². The Morgan fingerprint density at radius 2 is 2.17 bits per heavy atom. The molecule has 1 aliphatic rings. The highest BCUT2D eigenvalue weighted by Crippen LogP contribution is 2.15. The van der Waals surface area contributed by atoms with Gasteiger partial charge in [-0.1, -0.05) is 49.8 Å². The fourth-order valence-electron chi connectivity index (χ4n) is 2.32. The lowest BCUT2D eigenvalue weighted by atomic mass is 10.0. The van der Waals surface area contributed by atoms with Gasteiger partial charge in [-0.2, -0.15) is 0 Å². The fraction of sp³-hybridized carbons (Fsp3) is 0.286. The summed E-state index contributed by atoms with van der Waals surface area (Å²) in [5.74, 6) is 0.0911. The molecule has 0 fully saturated rings. The summed E-state index contributed by atoms with van der Waals surface area (Å²) in [6.07, 6.45) is 15.8. The molecule has 0 heterocycles. The molecule has 1 aromatic rings. The van der Waals surface area contributed by atoms with E-state index >= 15 is 0 Å². The smallest absolute Gasteiger partial charge is 0.178 e. The molecule has 0 bridgehead atoms. The molecule has 1 unspecified atom stereocenters. The molecule has 3 heteroatoms. The lowest BCUT2D eigenvalue weighted by molar-refractivity contribution is -0.110. The number of ether oxygens (including phenoxy) is 1. The number of benzene rings is 1. The van der Waals surface area contributed by atoms with E-state index in [1.807, 2.05) is 12.1 Å². The molecule has 1 aliphatic carbocycles. The van der Waals surface area contributed by atoms with Crippen LogP contribution in [0.1, 0.15) is 31.7 Å². The van der Waals surface area contributed by atoms with Crippen molar-refractivity contribution in [3.05, 3.63) is 71.9 Å². The van der Waals surface area contributed by atoms with E-state index in [4.69, 9.17) is 4.74 Å². The maximum Gasteiger partial charge on any atom is 0.178 e. The van der Waals surface area contributed by atoms with Crippen LogP contribution in [0.4, 0.5) is 0 Å². The van der Waals surface area contributed by atoms with Crippen LogP contribution < -0.4 is 0 Å². The van der Waals surface area contributed by atoms with Crippen molar-refractivity contribution in [2.24, 2.45) is 0 Å². The number of hydrogen-bond donors (Lipinski definition) is 1. The Labute approximate surface area is 143 Å². The third kappa shape index (κ3) is 6.39. The molecule has 0 saturated heterocycles. The summed E-state index contributed by atoms with van der Waals surface area (Å²) in [4.78, 5) is 11.9. The predicted molar refractivity (Wildman–Crippen MR) is 97.8 cm³/mol. The van der Waals surface area contributed by atoms with E-state index in [0.717, 1.165) is 37.0 Å². The van der Waals surface area contributed by atoms with Crippen LogP contribution in [-0.4, -0.2) is 23.6 Å². The summed E-state index contributed by atoms with van der Waals surface area (Å²) in [7, 11) is 0. The number of carbonyl (C=O) groups is 1. The van der Waals surface area contributed by atoms with Crippen molar-refractivity contribution in [2.45, 2.75) is 32.3 Å². The van der Waals surface area contributed by atoms with Crippen LogP contribution in [0.2, 0.25) is 0 Å². The van der Waals surface area contributed by atoms with E-state index < -0.39 is 0 Å².